The molecule has 8 nitrogen and oxygen atoms in total. The molecule has 0 bridgehead atoms. The van der Waals surface area contributed by atoms with Crippen LogP contribution in [0.4, 0.5) is 0 Å². The molecule has 2 heterocycles. The van der Waals surface area contributed by atoms with E-state index >= 15 is 0 Å². The highest BCUT2D eigenvalue weighted by molar-refractivity contribution is 6.30. The van der Waals surface area contributed by atoms with Gasteiger partial charge in [0.25, 0.3) is 11.4 Å². The van der Waals surface area contributed by atoms with Gasteiger partial charge in [-0.25, -0.2) is 4.79 Å². The van der Waals surface area contributed by atoms with E-state index in [1.54, 1.807) is 48.5 Å². The first-order chi connectivity index (χ1) is 14.1. The fourth-order valence-corrected chi connectivity index (χ4v) is 2.97. The van der Waals surface area contributed by atoms with Crippen molar-refractivity contribution in [2.45, 2.75) is 19.9 Å². The lowest BCUT2D eigenvalue weighted by molar-refractivity contribution is 0.431. The lowest BCUT2D eigenvalue weighted by atomic mass is 10.2. The largest absolute Gasteiger partial charge is 0.352 e. The van der Waals surface area contributed by atoms with Crippen LogP contribution in [0.25, 0.3) is 28.7 Å². The maximum atomic E-state index is 12.9. The van der Waals surface area contributed by atoms with Crippen molar-refractivity contribution in [1.82, 2.24) is 24.5 Å². The normalized spacial score (nSPS) is 11.0. The van der Waals surface area contributed by atoms with E-state index in [-0.39, 0.29) is 24.0 Å². The molecule has 0 fully saturated rings. The summed E-state index contributed by atoms with van der Waals surface area (Å²) >= 11 is 5.91. The van der Waals surface area contributed by atoms with E-state index in [0.29, 0.717) is 22.7 Å². The molecule has 29 heavy (non-hydrogen) atoms. The Kier molecular flexibility index (Phi) is 5.09. The average molecular weight is 410 g/mol. The second-order valence-electron chi connectivity index (χ2n) is 6.27. The molecule has 0 amide bonds. The molecule has 0 unspecified atom stereocenters. The van der Waals surface area contributed by atoms with Crippen molar-refractivity contribution >= 4 is 11.6 Å². The molecule has 0 aliphatic heterocycles. The van der Waals surface area contributed by atoms with Crippen LogP contribution in [0.15, 0.2) is 68.7 Å². The molecule has 4 aromatic rings. The molecule has 0 saturated heterocycles. The van der Waals surface area contributed by atoms with Crippen LogP contribution < -0.4 is 11.2 Å². The topological polar surface area (TPSA) is 95.8 Å². The van der Waals surface area contributed by atoms with Gasteiger partial charge in [-0.1, -0.05) is 41.9 Å². The Morgan fingerprint density at radius 2 is 1.76 bits per heavy atom. The van der Waals surface area contributed by atoms with Crippen LogP contribution in [0.2, 0.25) is 5.02 Å². The molecule has 0 aliphatic carbocycles. The van der Waals surface area contributed by atoms with Crippen LogP contribution in [-0.2, 0) is 6.54 Å². The number of hydrogen-bond donors (Lipinski definition) is 0. The van der Waals surface area contributed by atoms with Gasteiger partial charge in [-0.15, -0.1) is 0 Å². The van der Waals surface area contributed by atoms with Gasteiger partial charge in [0, 0.05) is 17.1 Å². The van der Waals surface area contributed by atoms with Gasteiger partial charge in [0.1, 0.15) is 0 Å². The molecule has 146 valence electrons. The number of halogens is 1. The van der Waals surface area contributed by atoms with Crippen molar-refractivity contribution in [3.05, 3.63) is 80.5 Å². The fraction of sp³-hybridized carbons (Fsp3) is 0.150. The minimum Gasteiger partial charge on any atom is -0.334 e. The zero-order valence-corrected chi connectivity index (χ0v) is 16.2. The second-order valence-corrected chi connectivity index (χ2v) is 6.70. The standard InChI is InChI=1S/C20H16ClN5O3/c1-2-12-25-19(27)16(23-26(20(25)28)15-6-4-3-5-7-15)17-22-18(29-24-17)13-8-10-14(21)11-9-13/h3-11H,2,12H2,1H3. The monoisotopic (exact) mass is 409 g/mol. The van der Waals surface area contributed by atoms with Crippen molar-refractivity contribution in [2.75, 3.05) is 0 Å². The van der Waals surface area contributed by atoms with E-state index in [1.165, 1.54) is 4.68 Å². The number of benzene rings is 2. The summed E-state index contributed by atoms with van der Waals surface area (Å²) in [5, 5.41) is 8.72. The Morgan fingerprint density at radius 3 is 2.45 bits per heavy atom. The smallest absolute Gasteiger partial charge is 0.334 e. The molecular formula is C20H16ClN5O3. The predicted octanol–water partition coefficient (Wildman–Crippen LogP) is 3.17. The van der Waals surface area contributed by atoms with Crippen molar-refractivity contribution in [3.8, 4) is 28.7 Å². The first-order valence-corrected chi connectivity index (χ1v) is 9.36. The molecule has 0 saturated carbocycles. The van der Waals surface area contributed by atoms with E-state index in [0.717, 1.165) is 4.57 Å². The Balaban J connectivity index is 1.88. The molecule has 0 N–H and O–H groups in total. The molecule has 9 heteroatoms. The van der Waals surface area contributed by atoms with Crippen LogP contribution in [0.3, 0.4) is 0 Å². The van der Waals surface area contributed by atoms with Crippen molar-refractivity contribution < 1.29 is 4.52 Å². The number of hydrogen-bond acceptors (Lipinski definition) is 6. The zero-order valence-electron chi connectivity index (χ0n) is 15.4. The van der Waals surface area contributed by atoms with Gasteiger partial charge < -0.3 is 4.52 Å². The van der Waals surface area contributed by atoms with E-state index in [4.69, 9.17) is 16.1 Å². The van der Waals surface area contributed by atoms with E-state index in [1.807, 2.05) is 13.0 Å². The summed E-state index contributed by atoms with van der Waals surface area (Å²) in [6.45, 7) is 2.13. The molecule has 2 aromatic heterocycles. The third-order valence-electron chi connectivity index (χ3n) is 4.24. The Labute approximate surface area is 170 Å². The quantitative estimate of drug-likeness (QED) is 0.502. The minimum atomic E-state index is -0.563. The van der Waals surface area contributed by atoms with Gasteiger partial charge in [-0.3, -0.25) is 9.36 Å². The van der Waals surface area contributed by atoms with E-state index in [2.05, 4.69) is 15.2 Å². The number of rotatable bonds is 5. The molecule has 0 spiro atoms. The average Bonchev–Trinajstić information content (AvgIpc) is 3.22. The van der Waals surface area contributed by atoms with Gasteiger partial charge >= 0.3 is 5.69 Å². The summed E-state index contributed by atoms with van der Waals surface area (Å²) in [7, 11) is 0. The zero-order chi connectivity index (χ0) is 20.4. The second kappa shape index (κ2) is 7.84. The van der Waals surface area contributed by atoms with Crippen molar-refractivity contribution in [1.29, 1.82) is 0 Å². The first-order valence-electron chi connectivity index (χ1n) is 8.98. The molecular weight excluding hydrogens is 394 g/mol. The highest BCUT2D eigenvalue weighted by Crippen LogP contribution is 2.21. The molecule has 0 aliphatic rings. The Bertz CT molecular complexity index is 1260. The highest BCUT2D eigenvalue weighted by Gasteiger charge is 2.20. The molecule has 2 aromatic carbocycles. The van der Waals surface area contributed by atoms with E-state index in [9.17, 15) is 9.59 Å². The fourth-order valence-electron chi connectivity index (χ4n) is 2.84. The number of para-hydroxylation sites is 1. The Hall–Kier alpha value is -3.52. The molecule has 0 radical (unpaired) electrons. The summed E-state index contributed by atoms with van der Waals surface area (Å²) < 4.78 is 7.60. The van der Waals surface area contributed by atoms with Gasteiger partial charge in [0.2, 0.25) is 5.82 Å². The lowest BCUT2D eigenvalue weighted by Crippen LogP contribution is -2.41. The van der Waals surface area contributed by atoms with Gasteiger partial charge in [0.05, 0.1) is 5.69 Å². The maximum Gasteiger partial charge on any atom is 0.352 e. The van der Waals surface area contributed by atoms with Gasteiger partial charge in [-0.05, 0) is 42.8 Å². The van der Waals surface area contributed by atoms with E-state index < -0.39 is 11.2 Å². The third kappa shape index (κ3) is 3.62. The summed E-state index contributed by atoms with van der Waals surface area (Å²) in [6.07, 6.45) is 0.607. The van der Waals surface area contributed by atoms with Crippen LogP contribution in [0.1, 0.15) is 13.3 Å². The molecule has 0 atom stereocenters. The number of nitrogens with zero attached hydrogens (tertiary/aromatic N) is 5. The summed E-state index contributed by atoms with van der Waals surface area (Å²) in [5.74, 6) is 0.229. The first kappa shape index (κ1) is 18.8. The van der Waals surface area contributed by atoms with Gasteiger partial charge in [0.15, 0.2) is 5.69 Å². The Morgan fingerprint density at radius 1 is 1.03 bits per heavy atom. The summed E-state index contributed by atoms with van der Waals surface area (Å²) in [5.41, 5.74) is 0.0370. The van der Waals surface area contributed by atoms with Crippen molar-refractivity contribution in [2.24, 2.45) is 0 Å². The summed E-state index contributed by atoms with van der Waals surface area (Å²) in [6, 6.07) is 15.7. The van der Waals surface area contributed by atoms with Crippen LogP contribution in [0.5, 0.6) is 0 Å². The molecule has 4 rings (SSSR count). The lowest BCUT2D eigenvalue weighted by Gasteiger charge is -2.09. The minimum absolute atomic E-state index is 0.00878. The van der Waals surface area contributed by atoms with Crippen LogP contribution in [-0.4, -0.2) is 24.5 Å². The summed E-state index contributed by atoms with van der Waals surface area (Å²) in [4.78, 5) is 30.0. The SMILES string of the molecule is CCCn1c(=O)c(-c2noc(-c3ccc(Cl)cc3)n2)nn(-c2ccccc2)c1=O. The maximum absolute atomic E-state index is 12.9. The van der Waals surface area contributed by atoms with Gasteiger partial charge in [-0.2, -0.15) is 14.8 Å². The van der Waals surface area contributed by atoms with Crippen LogP contribution >= 0.6 is 11.6 Å². The predicted molar refractivity (Wildman–Crippen MR) is 108 cm³/mol. The van der Waals surface area contributed by atoms with Crippen molar-refractivity contribution in [3.63, 3.8) is 0 Å². The van der Waals surface area contributed by atoms with Crippen LogP contribution in [0, 0.1) is 0 Å². The third-order valence-corrected chi connectivity index (χ3v) is 4.49. The number of aromatic nitrogens is 5. The highest BCUT2D eigenvalue weighted by atomic mass is 35.5.